The second-order valence-electron chi connectivity index (χ2n) is 9.45. The summed E-state index contributed by atoms with van der Waals surface area (Å²) in [5.74, 6) is 0.941. The summed E-state index contributed by atoms with van der Waals surface area (Å²) in [6.07, 6.45) is 0.918. The third-order valence-electron chi connectivity index (χ3n) is 6.19. The van der Waals surface area contributed by atoms with Gasteiger partial charge in [-0.15, -0.1) is 0 Å². The quantitative estimate of drug-likeness (QED) is 0.611. The van der Waals surface area contributed by atoms with E-state index in [9.17, 15) is 9.18 Å². The Morgan fingerprint density at radius 3 is 2.53 bits per heavy atom. The van der Waals surface area contributed by atoms with Crippen molar-refractivity contribution in [3.63, 3.8) is 0 Å². The van der Waals surface area contributed by atoms with Crippen LogP contribution in [-0.2, 0) is 16.8 Å². The molecule has 2 N–H and O–H groups in total. The lowest BCUT2D eigenvalue weighted by Gasteiger charge is -2.41. The molecule has 2 heterocycles. The van der Waals surface area contributed by atoms with Gasteiger partial charge >= 0.3 is 0 Å². The second-order valence-corrected chi connectivity index (χ2v) is 9.45. The van der Waals surface area contributed by atoms with Crippen molar-refractivity contribution in [3.8, 4) is 17.2 Å². The van der Waals surface area contributed by atoms with Crippen molar-refractivity contribution < 1.29 is 18.7 Å². The van der Waals surface area contributed by atoms with Crippen LogP contribution in [0.4, 0.5) is 4.39 Å². The van der Waals surface area contributed by atoms with Gasteiger partial charge in [0.25, 0.3) is 5.91 Å². The summed E-state index contributed by atoms with van der Waals surface area (Å²) in [5, 5.41) is 0. The molecular formula is C27H26FN3O3. The van der Waals surface area contributed by atoms with Crippen molar-refractivity contribution in [2.45, 2.75) is 37.8 Å². The van der Waals surface area contributed by atoms with Gasteiger partial charge in [0.1, 0.15) is 28.7 Å². The van der Waals surface area contributed by atoms with Crippen LogP contribution in [0.25, 0.3) is 0 Å². The number of halogens is 1. The number of ether oxygens (including phenoxy) is 2. The van der Waals surface area contributed by atoms with Crippen LogP contribution in [0.3, 0.4) is 0 Å². The zero-order valence-corrected chi connectivity index (χ0v) is 19.3. The monoisotopic (exact) mass is 459 g/mol. The highest BCUT2D eigenvalue weighted by atomic mass is 19.1. The average molecular weight is 460 g/mol. The van der Waals surface area contributed by atoms with Gasteiger partial charge in [-0.2, -0.15) is 0 Å². The standard InChI is InChI=1S/C27H26FN3O3/c1-26(2)16-27(24(32)31(3)25(29)30-27)22-15-20(9-10-23(22)34-26)33-21-13-18(12-19(28)14-21)11-17-7-5-4-6-8-17/h4-10,12-15H,11,16H2,1-3H3,(H2,29,30). The molecule has 1 spiro atoms. The number of hydrogen-bond donors (Lipinski definition) is 1. The van der Waals surface area contributed by atoms with Gasteiger partial charge in [0.2, 0.25) is 0 Å². The number of fused-ring (bicyclic) bond motifs is 2. The second kappa shape index (κ2) is 7.87. The van der Waals surface area contributed by atoms with Crippen LogP contribution in [0.1, 0.15) is 37.0 Å². The normalized spacial score (nSPS) is 20.6. The molecule has 34 heavy (non-hydrogen) atoms. The summed E-state index contributed by atoms with van der Waals surface area (Å²) >= 11 is 0. The van der Waals surface area contributed by atoms with Crippen molar-refractivity contribution in [1.82, 2.24) is 4.90 Å². The lowest BCUT2D eigenvalue weighted by Crippen LogP contribution is -2.49. The number of likely N-dealkylation sites (N-methyl/N-ethyl adjacent to an activating group) is 1. The van der Waals surface area contributed by atoms with Crippen LogP contribution < -0.4 is 15.2 Å². The van der Waals surface area contributed by atoms with Crippen molar-refractivity contribution in [1.29, 1.82) is 0 Å². The van der Waals surface area contributed by atoms with Gasteiger partial charge in [0.05, 0.1) is 0 Å². The Bertz CT molecular complexity index is 1310. The molecule has 1 amide bonds. The molecule has 174 valence electrons. The molecule has 1 atom stereocenters. The Labute approximate surface area is 197 Å². The van der Waals surface area contributed by atoms with Crippen molar-refractivity contribution in [2.75, 3.05) is 7.05 Å². The van der Waals surface area contributed by atoms with Crippen LogP contribution in [-0.4, -0.2) is 29.4 Å². The largest absolute Gasteiger partial charge is 0.487 e. The van der Waals surface area contributed by atoms with E-state index in [-0.39, 0.29) is 17.7 Å². The lowest BCUT2D eigenvalue weighted by molar-refractivity contribution is -0.133. The van der Waals surface area contributed by atoms with Gasteiger partial charge in [0, 0.05) is 25.1 Å². The zero-order chi connectivity index (χ0) is 24.1. The smallest absolute Gasteiger partial charge is 0.261 e. The van der Waals surface area contributed by atoms with Crippen molar-refractivity contribution in [3.05, 3.63) is 89.2 Å². The minimum atomic E-state index is -1.18. The molecule has 0 saturated carbocycles. The summed E-state index contributed by atoms with van der Waals surface area (Å²) in [5.41, 5.74) is 6.68. The van der Waals surface area contributed by atoms with Crippen molar-refractivity contribution >= 4 is 11.9 Å². The molecule has 2 aliphatic heterocycles. The first kappa shape index (κ1) is 21.9. The van der Waals surface area contributed by atoms with E-state index in [1.54, 1.807) is 25.2 Å². The van der Waals surface area contributed by atoms with E-state index < -0.39 is 11.1 Å². The number of carbonyl (C=O) groups excluding carboxylic acids is 1. The zero-order valence-electron chi connectivity index (χ0n) is 19.3. The number of aliphatic imine (C=N–C) groups is 1. The van der Waals surface area contributed by atoms with Gasteiger partial charge in [-0.1, -0.05) is 30.3 Å². The van der Waals surface area contributed by atoms with Gasteiger partial charge in [-0.25, -0.2) is 9.38 Å². The first-order chi connectivity index (χ1) is 16.1. The summed E-state index contributed by atoms with van der Waals surface area (Å²) in [7, 11) is 1.61. The molecule has 0 aliphatic carbocycles. The molecule has 7 heteroatoms. The molecule has 0 fully saturated rings. The number of nitrogens with zero attached hydrogens (tertiary/aromatic N) is 2. The maximum absolute atomic E-state index is 14.4. The molecule has 2 aliphatic rings. The molecule has 5 rings (SSSR count). The first-order valence-corrected chi connectivity index (χ1v) is 11.1. The van der Waals surface area contributed by atoms with E-state index >= 15 is 0 Å². The van der Waals surface area contributed by atoms with Gasteiger partial charge in [0.15, 0.2) is 11.5 Å². The van der Waals surface area contributed by atoms with E-state index in [1.165, 1.54) is 17.0 Å². The van der Waals surface area contributed by atoms with Crippen LogP contribution >= 0.6 is 0 Å². The topological polar surface area (TPSA) is 77.2 Å². The minimum Gasteiger partial charge on any atom is -0.487 e. The summed E-state index contributed by atoms with van der Waals surface area (Å²) in [6, 6.07) is 19.7. The van der Waals surface area contributed by atoms with Gasteiger partial charge in [-0.3, -0.25) is 9.69 Å². The highest BCUT2D eigenvalue weighted by Crippen LogP contribution is 2.50. The van der Waals surface area contributed by atoms with E-state index in [4.69, 9.17) is 15.2 Å². The van der Waals surface area contributed by atoms with Gasteiger partial charge in [-0.05, 0) is 61.7 Å². The SMILES string of the molecule is CN1C(=O)C2(CC(C)(C)Oc3ccc(Oc4cc(F)cc(Cc5ccccc5)c4)cc32)N=C1N. The fourth-order valence-corrected chi connectivity index (χ4v) is 4.77. The van der Waals surface area contributed by atoms with Crippen LogP contribution in [0.15, 0.2) is 71.7 Å². The molecular weight excluding hydrogens is 433 g/mol. The maximum Gasteiger partial charge on any atom is 0.261 e. The number of rotatable bonds is 4. The number of hydrogen-bond acceptors (Lipinski definition) is 5. The number of amides is 1. The number of carbonyl (C=O) groups is 1. The van der Waals surface area contributed by atoms with Gasteiger partial charge < -0.3 is 15.2 Å². The third kappa shape index (κ3) is 3.87. The first-order valence-electron chi connectivity index (χ1n) is 11.1. The van der Waals surface area contributed by atoms with E-state index in [1.807, 2.05) is 50.2 Å². The molecule has 0 bridgehead atoms. The predicted molar refractivity (Wildman–Crippen MR) is 128 cm³/mol. The molecule has 1 unspecified atom stereocenters. The summed E-state index contributed by atoms with van der Waals surface area (Å²) in [6.45, 7) is 3.83. The molecule has 0 aromatic heterocycles. The Morgan fingerprint density at radius 1 is 1.06 bits per heavy atom. The minimum absolute atomic E-state index is 0.163. The Kier molecular flexibility index (Phi) is 5.08. The summed E-state index contributed by atoms with van der Waals surface area (Å²) < 4.78 is 26.6. The summed E-state index contributed by atoms with van der Waals surface area (Å²) in [4.78, 5) is 19.2. The van der Waals surface area contributed by atoms with E-state index in [0.29, 0.717) is 35.7 Å². The number of nitrogens with two attached hydrogens (primary N) is 1. The third-order valence-corrected chi connectivity index (χ3v) is 6.19. The fraction of sp³-hybridized carbons (Fsp3) is 0.259. The molecule has 0 saturated heterocycles. The van der Waals surface area contributed by atoms with E-state index in [0.717, 1.165) is 11.1 Å². The predicted octanol–water partition coefficient (Wildman–Crippen LogP) is 4.75. The highest BCUT2D eigenvalue weighted by Gasteiger charge is 2.55. The molecule has 0 radical (unpaired) electrons. The average Bonchev–Trinajstić information content (AvgIpc) is 2.97. The lowest BCUT2D eigenvalue weighted by atomic mass is 9.77. The number of guanidine groups is 1. The van der Waals surface area contributed by atoms with Crippen LogP contribution in [0.5, 0.6) is 17.2 Å². The maximum atomic E-state index is 14.4. The fourth-order valence-electron chi connectivity index (χ4n) is 4.77. The van der Waals surface area contributed by atoms with E-state index in [2.05, 4.69) is 4.99 Å². The van der Waals surface area contributed by atoms with Crippen LogP contribution in [0, 0.1) is 5.82 Å². The molecule has 3 aromatic rings. The Hall–Kier alpha value is -3.87. The molecule has 3 aromatic carbocycles. The van der Waals surface area contributed by atoms with Crippen LogP contribution in [0.2, 0.25) is 0 Å². The number of benzene rings is 3. The Balaban J connectivity index is 1.50. The highest BCUT2D eigenvalue weighted by molar-refractivity contribution is 6.07. The Morgan fingerprint density at radius 2 is 1.82 bits per heavy atom. The molecule has 6 nitrogen and oxygen atoms in total. The van der Waals surface area contributed by atoms with Crippen molar-refractivity contribution in [2.24, 2.45) is 10.7 Å².